The second-order valence-electron chi connectivity index (χ2n) is 4.32. The molecule has 0 bridgehead atoms. The summed E-state index contributed by atoms with van der Waals surface area (Å²) in [6.07, 6.45) is 0. The third-order valence-electron chi connectivity index (χ3n) is 3.01. The molecule has 0 fully saturated rings. The summed E-state index contributed by atoms with van der Waals surface area (Å²) in [6, 6.07) is 9.75. The molecular weight excluding hydrogens is 294 g/mol. The van der Waals surface area contributed by atoms with Gasteiger partial charge in [-0.2, -0.15) is 0 Å². The highest BCUT2D eigenvalue weighted by molar-refractivity contribution is 7.16. The Balaban J connectivity index is 2.06. The number of para-hydroxylation sites is 1. The number of rotatable bonds is 4. The molecule has 6 heteroatoms. The standard InChI is InChI=1S/C14H14ClN3OS/c1-2-19-11-5-3-4-10-13(11)17-14(16)18(10)8-9-6-7-12(15)20-9/h3-7H,2,8H2,1H3,(H2,16,17). The summed E-state index contributed by atoms with van der Waals surface area (Å²) in [7, 11) is 0. The number of nitrogens with zero attached hydrogens (tertiary/aromatic N) is 2. The maximum atomic E-state index is 6.04. The molecule has 0 saturated heterocycles. The largest absolute Gasteiger partial charge is 0.492 e. The van der Waals surface area contributed by atoms with Crippen LogP contribution in [-0.4, -0.2) is 16.2 Å². The maximum absolute atomic E-state index is 6.04. The van der Waals surface area contributed by atoms with Gasteiger partial charge in [0, 0.05) is 4.88 Å². The van der Waals surface area contributed by atoms with E-state index in [0.717, 1.165) is 26.0 Å². The second kappa shape index (κ2) is 5.34. The van der Waals surface area contributed by atoms with Crippen LogP contribution in [0.3, 0.4) is 0 Å². The van der Waals surface area contributed by atoms with E-state index in [4.69, 9.17) is 22.1 Å². The minimum atomic E-state index is 0.483. The number of thiophene rings is 1. The van der Waals surface area contributed by atoms with E-state index in [1.165, 1.54) is 0 Å². The molecule has 0 spiro atoms. The van der Waals surface area contributed by atoms with Gasteiger partial charge in [-0.25, -0.2) is 4.98 Å². The van der Waals surface area contributed by atoms with Crippen molar-refractivity contribution >= 4 is 39.9 Å². The van der Waals surface area contributed by atoms with Crippen LogP contribution in [0.1, 0.15) is 11.8 Å². The van der Waals surface area contributed by atoms with Crippen molar-refractivity contribution in [3.05, 3.63) is 39.5 Å². The molecule has 0 unspecified atom stereocenters. The van der Waals surface area contributed by atoms with Crippen LogP contribution in [0.25, 0.3) is 11.0 Å². The van der Waals surface area contributed by atoms with Crippen molar-refractivity contribution in [2.24, 2.45) is 0 Å². The molecule has 1 aromatic carbocycles. The van der Waals surface area contributed by atoms with Crippen LogP contribution in [0.4, 0.5) is 5.95 Å². The molecule has 0 radical (unpaired) electrons. The van der Waals surface area contributed by atoms with Gasteiger partial charge < -0.3 is 15.0 Å². The van der Waals surface area contributed by atoms with E-state index < -0.39 is 0 Å². The second-order valence-corrected chi connectivity index (χ2v) is 6.12. The summed E-state index contributed by atoms with van der Waals surface area (Å²) in [5, 5.41) is 0. The lowest BCUT2D eigenvalue weighted by atomic mass is 10.3. The minimum absolute atomic E-state index is 0.483. The highest BCUT2D eigenvalue weighted by Gasteiger charge is 2.13. The topological polar surface area (TPSA) is 53.1 Å². The Morgan fingerprint density at radius 3 is 2.90 bits per heavy atom. The summed E-state index contributed by atoms with van der Waals surface area (Å²) in [6.45, 7) is 3.22. The first-order valence-corrected chi connectivity index (χ1v) is 7.50. The zero-order valence-electron chi connectivity index (χ0n) is 11.0. The number of imidazole rings is 1. The van der Waals surface area contributed by atoms with Crippen molar-refractivity contribution in [2.45, 2.75) is 13.5 Å². The highest BCUT2D eigenvalue weighted by atomic mass is 35.5. The molecule has 20 heavy (non-hydrogen) atoms. The first kappa shape index (κ1) is 13.3. The van der Waals surface area contributed by atoms with E-state index in [9.17, 15) is 0 Å². The third kappa shape index (κ3) is 2.34. The van der Waals surface area contributed by atoms with Crippen LogP contribution in [0.5, 0.6) is 5.75 Å². The third-order valence-corrected chi connectivity index (χ3v) is 4.23. The normalized spacial score (nSPS) is 11.1. The van der Waals surface area contributed by atoms with Gasteiger partial charge in [-0.1, -0.05) is 17.7 Å². The fourth-order valence-electron chi connectivity index (χ4n) is 2.17. The van der Waals surface area contributed by atoms with E-state index in [2.05, 4.69) is 4.98 Å². The van der Waals surface area contributed by atoms with Crippen molar-refractivity contribution in [3.63, 3.8) is 0 Å². The van der Waals surface area contributed by atoms with Gasteiger partial charge in [-0.15, -0.1) is 11.3 Å². The number of fused-ring (bicyclic) bond motifs is 1. The Bertz CT molecular complexity index is 750. The molecule has 0 aliphatic heterocycles. The zero-order valence-corrected chi connectivity index (χ0v) is 12.5. The van der Waals surface area contributed by atoms with Crippen molar-refractivity contribution in [1.29, 1.82) is 0 Å². The number of hydrogen-bond acceptors (Lipinski definition) is 4. The van der Waals surface area contributed by atoms with E-state index in [1.807, 2.05) is 41.8 Å². The summed E-state index contributed by atoms with van der Waals surface area (Å²) >= 11 is 7.52. The zero-order chi connectivity index (χ0) is 14.1. The molecule has 2 aromatic heterocycles. The van der Waals surface area contributed by atoms with Gasteiger partial charge >= 0.3 is 0 Å². The number of halogens is 1. The van der Waals surface area contributed by atoms with Gasteiger partial charge in [0.15, 0.2) is 0 Å². The summed E-state index contributed by atoms with van der Waals surface area (Å²) < 4.78 is 8.34. The van der Waals surface area contributed by atoms with Gasteiger partial charge in [-0.05, 0) is 31.2 Å². The molecular formula is C14H14ClN3OS. The van der Waals surface area contributed by atoms with Gasteiger partial charge in [0.2, 0.25) is 5.95 Å². The molecule has 104 valence electrons. The van der Waals surface area contributed by atoms with Crippen molar-refractivity contribution < 1.29 is 4.74 Å². The van der Waals surface area contributed by atoms with E-state index in [-0.39, 0.29) is 0 Å². The molecule has 3 aromatic rings. The van der Waals surface area contributed by atoms with Crippen LogP contribution in [0.2, 0.25) is 4.34 Å². The van der Waals surface area contributed by atoms with Crippen LogP contribution >= 0.6 is 22.9 Å². The molecule has 0 saturated carbocycles. The van der Waals surface area contributed by atoms with Crippen LogP contribution < -0.4 is 10.5 Å². The Morgan fingerprint density at radius 1 is 1.35 bits per heavy atom. The van der Waals surface area contributed by atoms with Crippen molar-refractivity contribution in [2.75, 3.05) is 12.3 Å². The predicted molar refractivity (Wildman–Crippen MR) is 83.7 cm³/mol. The minimum Gasteiger partial charge on any atom is -0.492 e. The fourth-order valence-corrected chi connectivity index (χ4v) is 3.25. The van der Waals surface area contributed by atoms with Crippen molar-refractivity contribution in [1.82, 2.24) is 9.55 Å². The molecule has 2 heterocycles. The molecule has 2 N–H and O–H groups in total. The average Bonchev–Trinajstić information content (AvgIpc) is 2.97. The van der Waals surface area contributed by atoms with Crippen LogP contribution in [-0.2, 0) is 6.54 Å². The Hall–Kier alpha value is -1.72. The lowest BCUT2D eigenvalue weighted by molar-refractivity contribution is 0.343. The first-order valence-electron chi connectivity index (χ1n) is 6.30. The Morgan fingerprint density at radius 2 is 2.20 bits per heavy atom. The van der Waals surface area contributed by atoms with Crippen LogP contribution in [0, 0.1) is 0 Å². The summed E-state index contributed by atoms with van der Waals surface area (Å²) in [5.74, 6) is 1.25. The van der Waals surface area contributed by atoms with Gasteiger partial charge in [0.05, 0.1) is 23.0 Å². The maximum Gasteiger partial charge on any atom is 0.201 e. The Kier molecular flexibility index (Phi) is 3.54. The number of benzene rings is 1. The summed E-state index contributed by atoms with van der Waals surface area (Å²) in [5.41, 5.74) is 7.81. The molecule has 3 rings (SSSR count). The summed E-state index contributed by atoms with van der Waals surface area (Å²) in [4.78, 5) is 5.56. The van der Waals surface area contributed by atoms with Gasteiger partial charge in [0.25, 0.3) is 0 Å². The number of aromatic nitrogens is 2. The fraction of sp³-hybridized carbons (Fsp3) is 0.214. The molecule has 0 amide bonds. The van der Waals surface area contributed by atoms with Gasteiger partial charge in [-0.3, -0.25) is 0 Å². The smallest absolute Gasteiger partial charge is 0.201 e. The van der Waals surface area contributed by atoms with E-state index >= 15 is 0 Å². The number of anilines is 1. The number of nitrogen functional groups attached to an aromatic ring is 1. The number of ether oxygens (including phenoxy) is 1. The molecule has 0 aliphatic carbocycles. The average molecular weight is 308 g/mol. The quantitative estimate of drug-likeness (QED) is 0.798. The first-order chi connectivity index (χ1) is 9.69. The SMILES string of the molecule is CCOc1cccc2c1nc(N)n2Cc1ccc(Cl)s1. The van der Waals surface area contributed by atoms with E-state index in [1.54, 1.807) is 11.3 Å². The van der Waals surface area contributed by atoms with Crippen molar-refractivity contribution in [3.8, 4) is 5.75 Å². The highest BCUT2D eigenvalue weighted by Crippen LogP contribution is 2.29. The lowest BCUT2D eigenvalue weighted by Gasteiger charge is -2.06. The number of nitrogens with two attached hydrogens (primary N) is 1. The van der Waals surface area contributed by atoms with E-state index in [0.29, 0.717) is 19.1 Å². The van der Waals surface area contributed by atoms with Crippen LogP contribution in [0.15, 0.2) is 30.3 Å². The molecule has 0 atom stereocenters. The predicted octanol–water partition coefficient (Wildman–Crippen LogP) is 3.78. The molecule has 0 aliphatic rings. The number of hydrogen-bond donors (Lipinski definition) is 1. The molecule has 4 nitrogen and oxygen atoms in total. The van der Waals surface area contributed by atoms with Gasteiger partial charge in [0.1, 0.15) is 11.3 Å². The Labute approximate surface area is 125 Å². The monoisotopic (exact) mass is 307 g/mol. The lowest BCUT2D eigenvalue weighted by Crippen LogP contribution is -2.03.